The second-order valence-corrected chi connectivity index (χ2v) is 5.24. The molecule has 106 valence electrons. The summed E-state index contributed by atoms with van der Waals surface area (Å²) in [6.07, 6.45) is 1.78. The lowest BCUT2D eigenvalue weighted by molar-refractivity contribution is -0.160. The highest BCUT2D eigenvalue weighted by Gasteiger charge is 2.41. The Morgan fingerprint density at radius 2 is 1.53 bits per heavy atom. The number of benzene rings is 1. The standard InChI is InChI=1S/C15H20F3N/c16-15(17,18)14(12-8-4-3-5-9-12)19-13-10-6-1-2-7-11-13/h3-5,8-9,13-14,19H,1-2,6-7,10-11H2. The number of rotatable bonds is 3. The summed E-state index contributed by atoms with van der Waals surface area (Å²) in [6.45, 7) is 0. The zero-order valence-electron chi connectivity index (χ0n) is 10.9. The largest absolute Gasteiger partial charge is 0.407 e. The van der Waals surface area contributed by atoms with Gasteiger partial charge in [-0.3, -0.25) is 5.32 Å². The molecule has 0 spiro atoms. The molecule has 0 bridgehead atoms. The van der Waals surface area contributed by atoms with Crippen LogP contribution in [0.1, 0.15) is 50.1 Å². The van der Waals surface area contributed by atoms with Gasteiger partial charge in [0.25, 0.3) is 0 Å². The normalized spacial score (nSPS) is 19.9. The van der Waals surface area contributed by atoms with E-state index in [0.717, 1.165) is 38.5 Å². The Bertz CT molecular complexity index is 367. The van der Waals surface area contributed by atoms with E-state index in [1.165, 1.54) is 0 Å². The number of hydrogen-bond acceptors (Lipinski definition) is 1. The molecule has 0 saturated heterocycles. The van der Waals surface area contributed by atoms with Crippen LogP contribution in [0.15, 0.2) is 30.3 Å². The van der Waals surface area contributed by atoms with E-state index in [2.05, 4.69) is 5.32 Å². The third kappa shape index (κ3) is 4.23. The van der Waals surface area contributed by atoms with Crippen LogP contribution in [-0.4, -0.2) is 12.2 Å². The molecule has 1 aromatic rings. The minimum absolute atomic E-state index is 0.0191. The van der Waals surface area contributed by atoms with Crippen LogP contribution in [0.25, 0.3) is 0 Å². The molecule has 19 heavy (non-hydrogen) atoms. The van der Waals surface area contributed by atoms with Gasteiger partial charge in [0.05, 0.1) is 0 Å². The third-order valence-corrected chi connectivity index (χ3v) is 3.72. The first-order valence-corrected chi connectivity index (χ1v) is 6.95. The summed E-state index contributed by atoms with van der Waals surface area (Å²) in [4.78, 5) is 0. The summed E-state index contributed by atoms with van der Waals surface area (Å²) in [6, 6.07) is 6.57. The van der Waals surface area contributed by atoms with Gasteiger partial charge in [0.15, 0.2) is 0 Å². The highest BCUT2D eigenvalue weighted by atomic mass is 19.4. The molecule has 1 nitrogen and oxygen atoms in total. The number of hydrogen-bond donors (Lipinski definition) is 1. The highest BCUT2D eigenvalue weighted by Crippen LogP contribution is 2.34. The van der Waals surface area contributed by atoms with E-state index in [9.17, 15) is 13.2 Å². The van der Waals surface area contributed by atoms with E-state index in [4.69, 9.17) is 0 Å². The monoisotopic (exact) mass is 271 g/mol. The molecule has 1 aliphatic rings. The van der Waals surface area contributed by atoms with Crippen LogP contribution in [0.3, 0.4) is 0 Å². The molecule has 1 unspecified atom stereocenters. The lowest BCUT2D eigenvalue weighted by Gasteiger charge is -2.27. The van der Waals surface area contributed by atoms with Crippen LogP contribution < -0.4 is 5.32 Å². The maximum absolute atomic E-state index is 13.2. The van der Waals surface area contributed by atoms with Gasteiger partial charge in [-0.1, -0.05) is 56.0 Å². The maximum Gasteiger partial charge on any atom is 0.407 e. The van der Waals surface area contributed by atoms with E-state index < -0.39 is 12.2 Å². The Hall–Kier alpha value is -1.03. The van der Waals surface area contributed by atoms with Crippen molar-refractivity contribution in [1.82, 2.24) is 5.32 Å². The van der Waals surface area contributed by atoms with Gasteiger partial charge >= 0.3 is 6.18 Å². The van der Waals surface area contributed by atoms with E-state index in [0.29, 0.717) is 5.56 Å². The molecule has 4 heteroatoms. The van der Waals surface area contributed by atoms with Crippen molar-refractivity contribution < 1.29 is 13.2 Å². The molecule has 0 radical (unpaired) electrons. The Morgan fingerprint density at radius 3 is 2.05 bits per heavy atom. The molecule has 1 N–H and O–H groups in total. The molecule has 1 atom stereocenters. The van der Waals surface area contributed by atoms with Crippen molar-refractivity contribution in [2.24, 2.45) is 0 Å². The summed E-state index contributed by atoms with van der Waals surface area (Å²) in [5, 5.41) is 2.83. The van der Waals surface area contributed by atoms with Gasteiger partial charge in [-0.15, -0.1) is 0 Å². The second-order valence-electron chi connectivity index (χ2n) is 5.24. The van der Waals surface area contributed by atoms with Crippen molar-refractivity contribution in [3.05, 3.63) is 35.9 Å². The van der Waals surface area contributed by atoms with Gasteiger partial charge < -0.3 is 0 Å². The summed E-state index contributed by atoms with van der Waals surface area (Å²) in [5.74, 6) is 0. The molecule has 1 fully saturated rings. The molecule has 0 aliphatic heterocycles. The minimum Gasteiger partial charge on any atom is -0.300 e. The highest BCUT2D eigenvalue weighted by molar-refractivity contribution is 5.20. The lowest BCUT2D eigenvalue weighted by atomic mass is 10.0. The molecule has 0 heterocycles. The van der Waals surface area contributed by atoms with Gasteiger partial charge in [0.1, 0.15) is 6.04 Å². The number of alkyl halides is 3. The van der Waals surface area contributed by atoms with Gasteiger partial charge in [-0.25, -0.2) is 0 Å². The zero-order chi connectivity index (χ0) is 13.7. The first kappa shape index (κ1) is 14.4. The zero-order valence-corrected chi connectivity index (χ0v) is 10.9. The van der Waals surface area contributed by atoms with Crippen LogP contribution >= 0.6 is 0 Å². The fourth-order valence-corrected chi connectivity index (χ4v) is 2.71. The molecule has 0 aromatic heterocycles. The topological polar surface area (TPSA) is 12.0 Å². The smallest absolute Gasteiger partial charge is 0.300 e. The van der Waals surface area contributed by atoms with E-state index >= 15 is 0 Å². The minimum atomic E-state index is -4.24. The van der Waals surface area contributed by atoms with Crippen LogP contribution in [0, 0.1) is 0 Å². The molecule has 1 aromatic carbocycles. The summed E-state index contributed by atoms with van der Waals surface area (Å²) < 4.78 is 39.6. The summed E-state index contributed by atoms with van der Waals surface area (Å²) in [5.41, 5.74) is 0.305. The van der Waals surface area contributed by atoms with Crippen LogP contribution in [0.2, 0.25) is 0 Å². The molecule has 2 rings (SSSR count). The van der Waals surface area contributed by atoms with Crippen LogP contribution in [0.5, 0.6) is 0 Å². The fraction of sp³-hybridized carbons (Fsp3) is 0.600. The predicted molar refractivity (Wildman–Crippen MR) is 69.9 cm³/mol. The third-order valence-electron chi connectivity index (χ3n) is 3.72. The van der Waals surface area contributed by atoms with Gasteiger partial charge in [0, 0.05) is 6.04 Å². The van der Waals surface area contributed by atoms with Crippen molar-refractivity contribution >= 4 is 0 Å². The first-order chi connectivity index (χ1) is 9.07. The van der Waals surface area contributed by atoms with Crippen molar-refractivity contribution in [2.45, 2.75) is 56.8 Å². The van der Waals surface area contributed by atoms with Crippen LogP contribution in [0.4, 0.5) is 13.2 Å². The molecule has 1 saturated carbocycles. The Balaban J connectivity index is 2.10. The van der Waals surface area contributed by atoms with Crippen molar-refractivity contribution in [1.29, 1.82) is 0 Å². The summed E-state index contributed by atoms with van der Waals surface area (Å²) >= 11 is 0. The first-order valence-electron chi connectivity index (χ1n) is 6.95. The van der Waals surface area contributed by atoms with Crippen LogP contribution in [-0.2, 0) is 0 Å². The van der Waals surface area contributed by atoms with E-state index in [1.54, 1.807) is 30.3 Å². The number of halogens is 3. The second kappa shape index (κ2) is 6.42. The maximum atomic E-state index is 13.2. The SMILES string of the molecule is FC(F)(F)C(NC1CCCCCC1)c1ccccc1. The molecular formula is C15H20F3N. The van der Waals surface area contributed by atoms with Crippen molar-refractivity contribution in [3.63, 3.8) is 0 Å². The Labute approximate surface area is 112 Å². The van der Waals surface area contributed by atoms with E-state index in [1.807, 2.05) is 0 Å². The Kier molecular flexibility index (Phi) is 4.86. The van der Waals surface area contributed by atoms with Gasteiger partial charge in [-0.2, -0.15) is 13.2 Å². The van der Waals surface area contributed by atoms with Gasteiger partial charge in [-0.05, 0) is 18.4 Å². The van der Waals surface area contributed by atoms with E-state index in [-0.39, 0.29) is 6.04 Å². The number of nitrogens with one attached hydrogen (secondary N) is 1. The van der Waals surface area contributed by atoms with Crippen molar-refractivity contribution in [2.75, 3.05) is 0 Å². The summed E-state index contributed by atoms with van der Waals surface area (Å²) in [7, 11) is 0. The Morgan fingerprint density at radius 1 is 0.947 bits per heavy atom. The fourth-order valence-electron chi connectivity index (χ4n) is 2.71. The predicted octanol–water partition coefficient (Wildman–Crippen LogP) is 4.60. The molecular weight excluding hydrogens is 251 g/mol. The average Bonchev–Trinajstić information content (AvgIpc) is 2.64. The lowest BCUT2D eigenvalue weighted by Crippen LogP contribution is -2.40. The van der Waals surface area contributed by atoms with Crippen molar-refractivity contribution in [3.8, 4) is 0 Å². The molecule has 0 amide bonds. The average molecular weight is 271 g/mol. The quantitative estimate of drug-likeness (QED) is 0.792. The molecule has 1 aliphatic carbocycles. The van der Waals surface area contributed by atoms with Gasteiger partial charge in [0.2, 0.25) is 0 Å².